The molecule has 2 saturated heterocycles. The molecule has 1 amide bonds. The lowest BCUT2D eigenvalue weighted by Crippen LogP contribution is -2.66. The number of carbonyl (C=O) groups is 1. The van der Waals surface area contributed by atoms with Crippen molar-refractivity contribution in [3.63, 3.8) is 0 Å². The van der Waals surface area contributed by atoms with Crippen LogP contribution in [0, 0.1) is 5.41 Å². The van der Waals surface area contributed by atoms with Gasteiger partial charge in [-0.2, -0.15) is 0 Å². The Kier molecular flexibility index (Phi) is 2.29. The van der Waals surface area contributed by atoms with Crippen molar-refractivity contribution in [1.82, 2.24) is 4.90 Å². The number of hydrogen-bond donors (Lipinski definition) is 2. The van der Waals surface area contributed by atoms with E-state index in [1.165, 1.54) is 0 Å². The fourth-order valence-electron chi connectivity index (χ4n) is 2.19. The minimum atomic E-state index is -0.727. The lowest BCUT2D eigenvalue weighted by Gasteiger charge is -2.47. The van der Waals surface area contributed by atoms with Crippen LogP contribution in [0.5, 0.6) is 0 Å². The predicted octanol–water partition coefficient (Wildman–Crippen LogP) is -1.06. The minimum Gasteiger partial charge on any atom is -0.386 e. The van der Waals surface area contributed by atoms with Crippen LogP contribution < -0.4 is 5.73 Å². The Morgan fingerprint density at radius 1 is 1.53 bits per heavy atom. The van der Waals surface area contributed by atoms with Gasteiger partial charge >= 0.3 is 0 Å². The molecular weight excluding hydrogens is 196 g/mol. The molecule has 0 radical (unpaired) electrons. The first-order chi connectivity index (χ1) is 6.85. The van der Waals surface area contributed by atoms with Crippen LogP contribution in [0.15, 0.2) is 0 Å². The number of β-amino-alcohol motifs (C(OH)–C–C–N with tert-alkyl or cyclic N) is 1. The van der Waals surface area contributed by atoms with E-state index in [1.54, 1.807) is 11.8 Å². The van der Waals surface area contributed by atoms with Crippen LogP contribution >= 0.6 is 0 Å². The van der Waals surface area contributed by atoms with Crippen molar-refractivity contribution < 1.29 is 14.6 Å². The average molecular weight is 214 g/mol. The predicted molar refractivity (Wildman–Crippen MR) is 54.1 cm³/mol. The smallest absolute Gasteiger partial charge is 0.232 e. The van der Waals surface area contributed by atoms with Gasteiger partial charge in [-0.25, -0.2) is 0 Å². The number of amides is 1. The maximum absolute atomic E-state index is 12.1. The summed E-state index contributed by atoms with van der Waals surface area (Å²) in [5, 5.41) is 9.57. The van der Waals surface area contributed by atoms with Crippen LogP contribution in [-0.2, 0) is 9.53 Å². The fourth-order valence-corrected chi connectivity index (χ4v) is 2.19. The molecule has 0 saturated carbocycles. The summed E-state index contributed by atoms with van der Waals surface area (Å²) in [5.74, 6) is -0.000903. The van der Waals surface area contributed by atoms with E-state index < -0.39 is 11.0 Å². The molecule has 0 aromatic carbocycles. The zero-order chi connectivity index (χ0) is 11.3. The van der Waals surface area contributed by atoms with Crippen LogP contribution in [-0.4, -0.2) is 53.9 Å². The number of rotatable bonds is 1. The van der Waals surface area contributed by atoms with Gasteiger partial charge in [0.15, 0.2) is 0 Å². The highest BCUT2D eigenvalue weighted by Gasteiger charge is 2.51. The Bertz CT molecular complexity index is 284. The first kappa shape index (κ1) is 10.9. The molecule has 2 aliphatic heterocycles. The summed E-state index contributed by atoms with van der Waals surface area (Å²) >= 11 is 0. The number of likely N-dealkylation sites (tertiary alicyclic amines) is 1. The monoisotopic (exact) mass is 214 g/mol. The highest BCUT2D eigenvalue weighted by atomic mass is 16.5. The van der Waals surface area contributed by atoms with E-state index in [4.69, 9.17) is 10.5 Å². The Morgan fingerprint density at radius 3 is 2.53 bits per heavy atom. The lowest BCUT2D eigenvalue weighted by atomic mass is 9.82. The van der Waals surface area contributed by atoms with E-state index in [0.717, 1.165) is 0 Å². The van der Waals surface area contributed by atoms with Crippen molar-refractivity contribution in [2.75, 3.05) is 26.3 Å². The second-order valence-electron chi connectivity index (χ2n) is 5.20. The molecule has 2 unspecified atom stereocenters. The quantitative estimate of drug-likeness (QED) is 0.583. The first-order valence-electron chi connectivity index (χ1n) is 5.20. The van der Waals surface area contributed by atoms with E-state index in [0.29, 0.717) is 26.3 Å². The standard InChI is InChI=1S/C10H18N2O3/c1-9(14)4-12(5-9)8(13)10(2)6-15-3-7(10)11/h7,14H,3-6,11H2,1-2H3. The van der Waals surface area contributed by atoms with Crippen molar-refractivity contribution in [2.24, 2.45) is 11.1 Å². The molecule has 2 atom stereocenters. The summed E-state index contributed by atoms with van der Waals surface area (Å²) in [6, 6.07) is -0.240. The van der Waals surface area contributed by atoms with Crippen molar-refractivity contribution in [3.05, 3.63) is 0 Å². The summed E-state index contributed by atoms with van der Waals surface area (Å²) in [6.45, 7) is 5.17. The van der Waals surface area contributed by atoms with Gasteiger partial charge in [0.1, 0.15) is 0 Å². The maximum Gasteiger partial charge on any atom is 0.232 e. The normalized spacial score (nSPS) is 38.9. The van der Waals surface area contributed by atoms with Gasteiger partial charge < -0.3 is 20.5 Å². The molecule has 2 rings (SSSR count). The van der Waals surface area contributed by atoms with Crippen LogP contribution in [0.3, 0.4) is 0 Å². The summed E-state index contributed by atoms with van der Waals surface area (Å²) in [5.41, 5.74) is 4.52. The first-order valence-corrected chi connectivity index (χ1v) is 5.20. The SMILES string of the molecule is CC1(O)CN(C(=O)C2(C)COCC2N)C1. The molecule has 0 aromatic heterocycles. The van der Waals surface area contributed by atoms with Gasteiger partial charge in [-0.3, -0.25) is 4.79 Å². The van der Waals surface area contributed by atoms with Gasteiger partial charge in [0.05, 0.1) is 37.3 Å². The van der Waals surface area contributed by atoms with E-state index in [9.17, 15) is 9.90 Å². The number of nitrogens with two attached hydrogens (primary N) is 1. The zero-order valence-corrected chi connectivity index (χ0v) is 9.19. The number of hydrogen-bond acceptors (Lipinski definition) is 4. The van der Waals surface area contributed by atoms with Crippen LogP contribution in [0.1, 0.15) is 13.8 Å². The average Bonchev–Trinajstić information content (AvgIpc) is 2.43. The second kappa shape index (κ2) is 3.17. The van der Waals surface area contributed by atoms with Gasteiger partial charge in [-0.1, -0.05) is 0 Å². The molecule has 5 nitrogen and oxygen atoms in total. The molecule has 0 aromatic rings. The summed E-state index contributed by atoms with van der Waals surface area (Å²) in [4.78, 5) is 13.7. The fraction of sp³-hybridized carbons (Fsp3) is 0.900. The van der Waals surface area contributed by atoms with Crippen molar-refractivity contribution in [3.8, 4) is 0 Å². The highest BCUT2D eigenvalue weighted by Crippen LogP contribution is 2.33. The molecule has 86 valence electrons. The molecule has 0 bridgehead atoms. The Hall–Kier alpha value is -0.650. The third kappa shape index (κ3) is 1.64. The van der Waals surface area contributed by atoms with Gasteiger partial charge in [-0.05, 0) is 13.8 Å². The molecule has 2 fully saturated rings. The van der Waals surface area contributed by atoms with E-state index in [1.807, 2.05) is 6.92 Å². The van der Waals surface area contributed by atoms with E-state index in [2.05, 4.69) is 0 Å². The van der Waals surface area contributed by atoms with Crippen molar-refractivity contribution in [2.45, 2.75) is 25.5 Å². The van der Waals surface area contributed by atoms with Crippen molar-refractivity contribution in [1.29, 1.82) is 0 Å². The molecule has 0 spiro atoms. The zero-order valence-electron chi connectivity index (χ0n) is 9.19. The lowest BCUT2D eigenvalue weighted by molar-refractivity contribution is -0.162. The third-order valence-corrected chi connectivity index (χ3v) is 3.36. The number of aliphatic hydroxyl groups is 1. The Labute approximate surface area is 89.2 Å². The van der Waals surface area contributed by atoms with Crippen molar-refractivity contribution >= 4 is 5.91 Å². The maximum atomic E-state index is 12.1. The molecule has 3 N–H and O–H groups in total. The molecule has 2 aliphatic rings. The van der Waals surface area contributed by atoms with Crippen LogP contribution in [0.2, 0.25) is 0 Å². The van der Waals surface area contributed by atoms with Gasteiger partial charge in [0.2, 0.25) is 5.91 Å². The third-order valence-electron chi connectivity index (χ3n) is 3.36. The number of carbonyl (C=O) groups excluding carboxylic acids is 1. The van der Waals surface area contributed by atoms with E-state index in [-0.39, 0.29) is 11.9 Å². The molecule has 5 heteroatoms. The topological polar surface area (TPSA) is 75.8 Å². The summed E-state index contributed by atoms with van der Waals surface area (Å²) in [7, 11) is 0. The number of nitrogens with zero attached hydrogens (tertiary/aromatic N) is 1. The Balaban J connectivity index is 2.03. The summed E-state index contributed by atoms with van der Waals surface area (Å²) < 4.78 is 5.23. The van der Waals surface area contributed by atoms with Crippen LogP contribution in [0.4, 0.5) is 0 Å². The number of ether oxygens (including phenoxy) is 1. The summed E-state index contributed by atoms with van der Waals surface area (Å²) in [6.07, 6.45) is 0. The van der Waals surface area contributed by atoms with Gasteiger partial charge in [-0.15, -0.1) is 0 Å². The van der Waals surface area contributed by atoms with Gasteiger partial charge in [0, 0.05) is 6.04 Å². The van der Waals surface area contributed by atoms with Crippen LogP contribution in [0.25, 0.3) is 0 Å². The largest absolute Gasteiger partial charge is 0.386 e. The van der Waals surface area contributed by atoms with E-state index >= 15 is 0 Å². The molecule has 0 aliphatic carbocycles. The Morgan fingerprint density at radius 2 is 2.13 bits per heavy atom. The van der Waals surface area contributed by atoms with Gasteiger partial charge in [0.25, 0.3) is 0 Å². The second-order valence-corrected chi connectivity index (χ2v) is 5.20. The highest BCUT2D eigenvalue weighted by molar-refractivity contribution is 5.84. The molecular formula is C10H18N2O3. The molecule has 15 heavy (non-hydrogen) atoms. The molecule has 2 heterocycles. The minimum absolute atomic E-state index is 0.000903.